The highest BCUT2D eigenvalue weighted by Crippen LogP contribution is 2.38. The minimum absolute atomic E-state index is 0.210. The molecule has 148 valence electrons. The third-order valence-corrected chi connectivity index (χ3v) is 6.48. The van der Waals surface area contributed by atoms with Crippen LogP contribution in [0.4, 0.5) is 5.82 Å². The van der Waals surface area contributed by atoms with Crippen LogP contribution in [0.3, 0.4) is 0 Å². The fraction of sp³-hybridized carbons (Fsp3) is 0.524. The lowest BCUT2D eigenvalue weighted by molar-refractivity contribution is 0.265. The SMILES string of the molecule is Cc1ccc(C2NNC3CNC(c4cccnc4)CC32)nc1N1CC[C@@H](N)C1. The molecule has 4 unspecified atom stereocenters. The van der Waals surface area contributed by atoms with Gasteiger partial charge in [-0.25, -0.2) is 10.4 Å². The summed E-state index contributed by atoms with van der Waals surface area (Å²) in [6, 6.07) is 9.76. The van der Waals surface area contributed by atoms with Crippen molar-refractivity contribution >= 4 is 5.82 Å². The highest BCUT2D eigenvalue weighted by molar-refractivity contribution is 5.48. The van der Waals surface area contributed by atoms with E-state index in [-0.39, 0.29) is 12.1 Å². The second-order valence-electron chi connectivity index (χ2n) is 8.39. The summed E-state index contributed by atoms with van der Waals surface area (Å²) in [4.78, 5) is 11.7. The van der Waals surface area contributed by atoms with Gasteiger partial charge in [0.05, 0.1) is 11.7 Å². The van der Waals surface area contributed by atoms with E-state index in [4.69, 9.17) is 10.7 Å². The van der Waals surface area contributed by atoms with E-state index < -0.39 is 0 Å². The van der Waals surface area contributed by atoms with Crippen molar-refractivity contribution in [2.75, 3.05) is 24.5 Å². The molecule has 5 atom stereocenters. The number of hydrogen-bond donors (Lipinski definition) is 4. The van der Waals surface area contributed by atoms with Crippen molar-refractivity contribution in [1.29, 1.82) is 0 Å². The van der Waals surface area contributed by atoms with Crippen molar-refractivity contribution in [3.05, 3.63) is 53.5 Å². The summed E-state index contributed by atoms with van der Waals surface area (Å²) >= 11 is 0. The summed E-state index contributed by atoms with van der Waals surface area (Å²) in [5.74, 6) is 1.57. The minimum Gasteiger partial charge on any atom is -0.355 e. The quantitative estimate of drug-likeness (QED) is 0.637. The first-order valence-corrected chi connectivity index (χ1v) is 10.3. The molecular weight excluding hydrogens is 350 g/mol. The first kappa shape index (κ1) is 18.0. The van der Waals surface area contributed by atoms with Gasteiger partial charge in [-0.3, -0.25) is 10.4 Å². The van der Waals surface area contributed by atoms with E-state index in [1.807, 2.05) is 18.5 Å². The zero-order valence-corrected chi connectivity index (χ0v) is 16.3. The fourth-order valence-corrected chi connectivity index (χ4v) is 4.91. The summed E-state index contributed by atoms with van der Waals surface area (Å²) in [6.45, 7) is 4.97. The number of hydrogen-bond acceptors (Lipinski definition) is 7. The fourth-order valence-electron chi connectivity index (χ4n) is 4.91. The summed E-state index contributed by atoms with van der Waals surface area (Å²) < 4.78 is 0. The Hall–Kier alpha value is -2.06. The number of aromatic nitrogens is 2. The highest BCUT2D eigenvalue weighted by atomic mass is 15.4. The van der Waals surface area contributed by atoms with Crippen LogP contribution in [0.1, 0.15) is 41.7 Å². The molecule has 5 rings (SSSR count). The lowest BCUT2D eigenvalue weighted by atomic mass is 9.81. The molecule has 3 fully saturated rings. The average Bonchev–Trinajstić information content (AvgIpc) is 3.35. The molecule has 0 saturated carbocycles. The third kappa shape index (κ3) is 3.28. The maximum Gasteiger partial charge on any atom is 0.131 e. The normalized spacial score (nSPS) is 32.5. The monoisotopic (exact) mass is 379 g/mol. The van der Waals surface area contributed by atoms with Gasteiger partial charge >= 0.3 is 0 Å². The molecule has 0 aliphatic carbocycles. The van der Waals surface area contributed by atoms with E-state index in [2.05, 4.69) is 51.2 Å². The van der Waals surface area contributed by atoms with Gasteiger partial charge in [-0.2, -0.15) is 0 Å². The van der Waals surface area contributed by atoms with Crippen molar-refractivity contribution < 1.29 is 0 Å². The van der Waals surface area contributed by atoms with Crippen LogP contribution >= 0.6 is 0 Å². The maximum absolute atomic E-state index is 6.13. The largest absolute Gasteiger partial charge is 0.355 e. The van der Waals surface area contributed by atoms with Crippen LogP contribution in [0, 0.1) is 12.8 Å². The van der Waals surface area contributed by atoms with Crippen LogP contribution in [0.25, 0.3) is 0 Å². The maximum atomic E-state index is 6.13. The van der Waals surface area contributed by atoms with Crippen molar-refractivity contribution in [2.24, 2.45) is 11.7 Å². The summed E-state index contributed by atoms with van der Waals surface area (Å²) in [5, 5.41) is 3.66. The van der Waals surface area contributed by atoms with Crippen molar-refractivity contribution in [3.63, 3.8) is 0 Å². The molecule has 5 N–H and O–H groups in total. The summed E-state index contributed by atoms with van der Waals surface area (Å²) in [6.07, 6.45) is 5.90. The number of nitrogens with one attached hydrogen (secondary N) is 3. The van der Waals surface area contributed by atoms with Gasteiger partial charge in [0.2, 0.25) is 0 Å². The Labute approximate surface area is 166 Å². The van der Waals surface area contributed by atoms with Gasteiger partial charge in [0.1, 0.15) is 5.82 Å². The molecule has 2 aromatic rings. The molecule has 0 aromatic carbocycles. The number of piperidine rings is 1. The molecule has 0 spiro atoms. The van der Waals surface area contributed by atoms with E-state index in [0.717, 1.165) is 44.0 Å². The van der Waals surface area contributed by atoms with Crippen molar-refractivity contribution in [2.45, 2.75) is 43.9 Å². The Morgan fingerprint density at radius 3 is 2.93 bits per heavy atom. The predicted molar refractivity (Wildman–Crippen MR) is 110 cm³/mol. The second kappa shape index (κ2) is 7.40. The first-order valence-electron chi connectivity index (χ1n) is 10.3. The van der Waals surface area contributed by atoms with Crippen LogP contribution in [0.15, 0.2) is 36.7 Å². The number of pyridine rings is 2. The van der Waals surface area contributed by atoms with Gasteiger partial charge in [-0.15, -0.1) is 0 Å². The van der Waals surface area contributed by atoms with Crippen molar-refractivity contribution in [1.82, 2.24) is 26.1 Å². The number of fused-ring (bicyclic) bond motifs is 1. The van der Waals surface area contributed by atoms with Crippen LogP contribution in [0.2, 0.25) is 0 Å². The van der Waals surface area contributed by atoms with Gasteiger partial charge < -0.3 is 16.0 Å². The standard InChI is InChI=1S/C21H29N7/c1-13-4-5-17(25-21(13)28-8-6-15(22)12-28)20-16-9-18(14-3-2-7-23-10-14)24-11-19(16)26-27-20/h2-5,7,10,15-16,18-20,24,26-27H,6,8-9,11-12,22H2,1H3/t15-,16?,18?,19?,20?/m1/s1. The molecule has 0 radical (unpaired) electrons. The molecule has 0 amide bonds. The smallest absolute Gasteiger partial charge is 0.131 e. The molecule has 3 aliphatic heterocycles. The molecule has 3 saturated heterocycles. The zero-order chi connectivity index (χ0) is 19.1. The van der Waals surface area contributed by atoms with Gasteiger partial charge in [0.25, 0.3) is 0 Å². The average molecular weight is 380 g/mol. The summed E-state index contributed by atoms with van der Waals surface area (Å²) in [5.41, 5.74) is 16.7. The number of nitrogens with two attached hydrogens (primary N) is 1. The molecule has 7 heteroatoms. The Morgan fingerprint density at radius 1 is 1.21 bits per heavy atom. The molecule has 2 aromatic heterocycles. The van der Waals surface area contributed by atoms with Gasteiger partial charge in [-0.1, -0.05) is 12.1 Å². The lowest BCUT2D eigenvalue weighted by Gasteiger charge is -2.34. The van der Waals surface area contributed by atoms with E-state index in [1.165, 1.54) is 11.1 Å². The van der Waals surface area contributed by atoms with Gasteiger partial charge in [0.15, 0.2) is 0 Å². The molecule has 7 nitrogen and oxygen atoms in total. The number of hydrazine groups is 1. The molecule has 0 bridgehead atoms. The van der Waals surface area contributed by atoms with E-state index in [9.17, 15) is 0 Å². The number of anilines is 1. The van der Waals surface area contributed by atoms with Crippen LogP contribution < -0.4 is 26.8 Å². The molecule has 5 heterocycles. The van der Waals surface area contributed by atoms with Crippen LogP contribution in [-0.4, -0.2) is 41.7 Å². The minimum atomic E-state index is 0.210. The number of aryl methyl sites for hydroxylation is 1. The Bertz CT molecular complexity index is 827. The Morgan fingerprint density at radius 2 is 2.14 bits per heavy atom. The highest BCUT2D eigenvalue weighted by Gasteiger charge is 2.42. The Balaban J connectivity index is 1.39. The van der Waals surface area contributed by atoms with Gasteiger partial charge in [0, 0.05) is 56.1 Å². The lowest BCUT2D eigenvalue weighted by Crippen LogP contribution is -2.46. The number of rotatable bonds is 3. The molecule has 28 heavy (non-hydrogen) atoms. The number of nitrogens with zero attached hydrogens (tertiary/aromatic N) is 3. The summed E-state index contributed by atoms with van der Waals surface area (Å²) in [7, 11) is 0. The predicted octanol–water partition coefficient (Wildman–Crippen LogP) is 1.19. The van der Waals surface area contributed by atoms with Gasteiger partial charge in [-0.05, 0) is 43.0 Å². The first-order chi connectivity index (χ1) is 13.7. The van der Waals surface area contributed by atoms with E-state index in [1.54, 1.807) is 0 Å². The van der Waals surface area contributed by atoms with E-state index in [0.29, 0.717) is 18.0 Å². The van der Waals surface area contributed by atoms with E-state index >= 15 is 0 Å². The van der Waals surface area contributed by atoms with Crippen LogP contribution in [0.5, 0.6) is 0 Å². The Kier molecular flexibility index (Phi) is 4.76. The van der Waals surface area contributed by atoms with Crippen molar-refractivity contribution in [3.8, 4) is 0 Å². The molecule has 3 aliphatic rings. The third-order valence-electron chi connectivity index (χ3n) is 6.48. The zero-order valence-electron chi connectivity index (χ0n) is 16.3. The topological polar surface area (TPSA) is 91.1 Å². The second-order valence-corrected chi connectivity index (χ2v) is 8.39. The molecular formula is C21H29N7. The van der Waals surface area contributed by atoms with Crippen LogP contribution in [-0.2, 0) is 0 Å².